The smallest absolute Gasteiger partial charge is 0.140 e. The molecule has 0 spiro atoms. The molecule has 0 fully saturated rings. The van der Waals surface area contributed by atoms with E-state index in [1.807, 2.05) is 10.9 Å². The van der Waals surface area contributed by atoms with Gasteiger partial charge in [0, 0.05) is 43.0 Å². The Morgan fingerprint density at radius 2 is 2.13 bits per heavy atom. The largest absolute Gasteiger partial charge is 0.369 e. The highest BCUT2D eigenvalue weighted by molar-refractivity contribution is 5.95. The Kier molecular flexibility index (Phi) is 4.34. The Bertz CT molecular complexity index is 799. The van der Waals surface area contributed by atoms with E-state index in [9.17, 15) is 0 Å². The van der Waals surface area contributed by atoms with Crippen molar-refractivity contribution in [2.75, 3.05) is 32.5 Å². The molecule has 6 heteroatoms. The summed E-state index contributed by atoms with van der Waals surface area (Å²) in [6, 6.07) is 4.19. The monoisotopic (exact) mass is 312 g/mol. The number of rotatable bonds is 6. The molecule has 0 amide bonds. The standard InChI is InChI=1S/C17H24N6/c1-5-23-11-15(12(2)21-23)14-10-16(18-8-9-22(3)4)20-17-13(14)6-7-19-17/h6-7,10-11H,5,8-9H2,1-4H3,(H2,18,19,20). The van der Waals surface area contributed by atoms with Crippen molar-refractivity contribution in [3.8, 4) is 11.1 Å². The summed E-state index contributed by atoms with van der Waals surface area (Å²) in [6.45, 7) is 6.85. The van der Waals surface area contributed by atoms with Crippen LogP contribution in [0.5, 0.6) is 0 Å². The predicted octanol–water partition coefficient (Wildman–Crippen LogP) is 2.73. The van der Waals surface area contributed by atoms with Crippen LogP contribution in [0.4, 0.5) is 5.82 Å². The molecule has 0 unspecified atom stereocenters. The van der Waals surface area contributed by atoms with E-state index in [0.717, 1.165) is 47.7 Å². The SMILES string of the molecule is CCn1cc(-c2cc(NCCN(C)C)nc3[nH]ccc23)c(C)n1. The van der Waals surface area contributed by atoms with Gasteiger partial charge in [-0.3, -0.25) is 4.68 Å². The van der Waals surface area contributed by atoms with Gasteiger partial charge in [0.2, 0.25) is 0 Å². The van der Waals surface area contributed by atoms with E-state index in [1.54, 1.807) is 0 Å². The van der Waals surface area contributed by atoms with Crippen LogP contribution in [0.25, 0.3) is 22.2 Å². The molecule has 23 heavy (non-hydrogen) atoms. The number of hydrogen-bond acceptors (Lipinski definition) is 4. The molecule has 0 aliphatic carbocycles. The zero-order valence-corrected chi connectivity index (χ0v) is 14.2. The van der Waals surface area contributed by atoms with Crippen molar-refractivity contribution in [2.45, 2.75) is 20.4 Å². The third kappa shape index (κ3) is 3.22. The van der Waals surface area contributed by atoms with Gasteiger partial charge in [0.05, 0.1) is 5.69 Å². The third-order valence-corrected chi connectivity index (χ3v) is 3.95. The fourth-order valence-corrected chi connectivity index (χ4v) is 2.70. The maximum absolute atomic E-state index is 4.66. The quantitative estimate of drug-likeness (QED) is 0.735. The van der Waals surface area contributed by atoms with Gasteiger partial charge in [0.15, 0.2) is 0 Å². The van der Waals surface area contributed by atoms with E-state index in [4.69, 9.17) is 0 Å². The number of anilines is 1. The van der Waals surface area contributed by atoms with Crippen molar-refractivity contribution < 1.29 is 0 Å². The molecular weight excluding hydrogens is 288 g/mol. The number of aromatic nitrogens is 4. The van der Waals surface area contributed by atoms with Crippen molar-refractivity contribution in [1.82, 2.24) is 24.6 Å². The highest BCUT2D eigenvalue weighted by Gasteiger charge is 2.13. The van der Waals surface area contributed by atoms with Gasteiger partial charge in [-0.25, -0.2) is 4.98 Å². The molecule has 0 aliphatic heterocycles. The van der Waals surface area contributed by atoms with E-state index in [2.05, 4.69) is 71.6 Å². The molecule has 6 nitrogen and oxygen atoms in total. The average molecular weight is 312 g/mol. The summed E-state index contributed by atoms with van der Waals surface area (Å²) in [4.78, 5) is 10.0. The van der Waals surface area contributed by atoms with Gasteiger partial charge in [0.1, 0.15) is 11.5 Å². The number of hydrogen-bond donors (Lipinski definition) is 2. The lowest BCUT2D eigenvalue weighted by Gasteiger charge is -2.12. The Morgan fingerprint density at radius 1 is 1.30 bits per heavy atom. The Morgan fingerprint density at radius 3 is 2.83 bits per heavy atom. The lowest BCUT2D eigenvalue weighted by molar-refractivity contribution is 0.425. The molecule has 3 aromatic rings. The molecule has 0 bridgehead atoms. The number of likely N-dealkylation sites (N-methyl/N-ethyl adjacent to an activating group) is 1. The normalized spacial score (nSPS) is 11.5. The first-order valence-corrected chi connectivity index (χ1v) is 7.99. The fourth-order valence-electron chi connectivity index (χ4n) is 2.70. The summed E-state index contributed by atoms with van der Waals surface area (Å²) in [5.41, 5.74) is 4.27. The molecule has 0 aliphatic rings. The van der Waals surface area contributed by atoms with Gasteiger partial charge in [0.25, 0.3) is 0 Å². The first-order chi connectivity index (χ1) is 11.1. The van der Waals surface area contributed by atoms with Crippen LogP contribution in [0.2, 0.25) is 0 Å². The second kappa shape index (κ2) is 6.42. The molecule has 3 aromatic heterocycles. The van der Waals surface area contributed by atoms with Gasteiger partial charge in [-0.05, 0) is 45.6 Å². The third-order valence-electron chi connectivity index (χ3n) is 3.95. The minimum atomic E-state index is 0.860. The number of aryl methyl sites for hydroxylation is 2. The first kappa shape index (κ1) is 15.6. The lowest BCUT2D eigenvalue weighted by Crippen LogP contribution is -2.21. The zero-order chi connectivity index (χ0) is 16.4. The molecule has 0 atom stereocenters. The van der Waals surface area contributed by atoms with Crippen LogP contribution in [0.1, 0.15) is 12.6 Å². The summed E-state index contributed by atoms with van der Waals surface area (Å²) in [7, 11) is 4.13. The molecule has 3 rings (SSSR count). The molecular formula is C17H24N6. The fraction of sp³-hybridized carbons (Fsp3) is 0.412. The second-order valence-corrected chi connectivity index (χ2v) is 6.01. The molecule has 122 valence electrons. The van der Waals surface area contributed by atoms with Crippen LogP contribution in [0, 0.1) is 6.92 Å². The number of nitrogens with zero attached hydrogens (tertiary/aromatic N) is 4. The molecule has 2 N–H and O–H groups in total. The summed E-state index contributed by atoms with van der Waals surface area (Å²) in [5.74, 6) is 0.889. The highest BCUT2D eigenvalue weighted by Crippen LogP contribution is 2.31. The van der Waals surface area contributed by atoms with Crippen LogP contribution >= 0.6 is 0 Å². The maximum Gasteiger partial charge on any atom is 0.140 e. The van der Waals surface area contributed by atoms with Crippen LogP contribution in [0.3, 0.4) is 0 Å². The van der Waals surface area contributed by atoms with E-state index in [0.29, 0.717) is 0 Å². The minimum absolute atomic E-state index is 0.860. The molecule has 3 heterocycles. The van der Waals surface area contributed by atoms with Crippen molar-refractivity contribution in [3.05, 3.63) is 30.2 Å². The average Bonchev–Trinajstić information content (AvgIpc) is 3.12. The zero-order valence-electron chi connectivity index (χ0n) is 14.2. The number of nitrogens with one attached hydrogen (secondary N) is 2. The van der Waals surface area contributed by atoms with Crippen LogP contribution in [-0.2, 0) is 6.54 Å². The van der Waals surface area contributed by atoms with Crippen molar-refractivity contribution in [2.24, 2.45) is 0 Å². The van der Waals surface area contributed by atoms with E-state index in [-0.39, 0.29) is 0 Å². The maximum atomic E-state index is 4.66. The minimum Gasteiger partial charge on any atom is -0.369 e. The van der Waals surface area contributed by atoms with Gasteiger partial charge < -0.3 is 15.2 Å². The van der Waals surface area contributed by atoms with Crippen LogP contribution in [-0.4, -0.2) is 51.8 Å². The number of pyridine rings is 1. The highest BCUT2D eigenvalue weighted by atomic mass is 15.3. The number of H-pyrrole nitrogens is 1. The number of fused-ring (bicyclic) bond motifs is 1. The van der Waals surface area contributed by atoms with E-state index in [1.165, 1.54) is 5.56 Å². The van der Waals surface area contributed by atoms with E-state index >= 15 is 0 Å². The predicted molar refractivity (Wildman–Crippen MR) is 94.8 cm³/mol. The van der Waals surface area contributed by atoms with Crippen molar-refractivity contribution in [1.29, 1.82) is 0 Å². The number of aromatic amines is 1. The summed E-state index contributed by atoms with van der Waals surface area (Å²) in [5, 5.41) is 9.11. The van der Waals surface area contributed by atoms with Crippen molar-refractivity contribution >= 4 is 16.9 Å². The topological polar surface area (TPSA) is 61.8 Å². The van der Waals surface area contributed by atoms with Gasteiger partial charge in [-0.2, -0.15) is 5.10 Å². The van der Waals surface area contributed by atoms with Crippen LogP contribution in [0.15, 0.2) is 24.5 Å². The van der Waals surface area contributed by atoms with Crippen LogP contribution < -0.4 is 5.32 Å². The summed E-state index contributed by atoms with van der Waals surface area (Å²) >= 11 is 0. The van der Waals surface area contributed by atoms with Gasteiger partial charge in [-0.15, -0.1) is 0 Å². The van der Waals surface area contributed by atoms with E-state index < -0.39 is 0 Å². The Balaban J connectivity index is 2.00. The molecule has 0 aromatic carbocycles. The van der Waals surface area contributed by atoms with Crippen molar-refractivity contribution in [3.63, 3.8) is 0 Å². The molecule has 0 saturated carbocycles. The second-order valence-electron chi connectivity index (χ2n) is 6.01. The van der Waals surface area contributed by atoms with Gasteiger partial charge >= 0.3 is 0 Å². The Hall–Kier alpha value is -2.34. The summed E-state index contributed by atoms with van der Waals surface area (Å²) in [6.07, 6.45) is 4.05. The Labute approximate surface area is 136 Å². The lowest BCUT2D eigenvalue weighted by atomic mass is 10.0. The first-order valence-electron chi connectivity index (χ1n) is 7.99. The molecule has 0 saturated heterocycles. The molecule has 0 radical (unpaired) electrons. The van der Waals surface area contributed by atoms with Gasteiger partial charge in [-0.1, -0.05) is 0 Å². The summed E-state index contributed by atoms with van der Waals surface area (Å²) < 4.78 is 1.97.